The van der Waals surface area contributed by atoms with E-state index in [0.29, 0.717) is 5.95 Å². The molecule has 0 aliphatic heterocycles. The molecule has 0 saturated heterocycles. The molecule has 1 aliphatic carbocycles. The number of hydrogen-bond donors (Lipinski definition) is 2. The van der Waals surface area contributed by atoms with Crippen molar-refractivity contribution in [3.63, 3.8) is 0 Å². The molecule has 0 bridgehead atoms. The second-order valence-corrected chi connectivity index (χ2v) is 5.35. The molecule has 0 amide bonds. The van der Waals surface area contributed by atoms with E-state index in [-0.39, 0.29) is 12.0 Å². The number of anilines is 2. The number of methoxy groups -OCH3 is 1. The van der Waals surface area contributed by atoms with Gasteiger partial charge in [-0.2, -0.15) is 15.0 Å². The van der Waals surface area contributed by atoms with E-state index >= 15 is 0 Å². The number of nitrogens with zero attached hydrogens (tertiary/aromatic N) is 3. The van der Waals surface area contributed by atoms with Gasteiger partial charge in [-0.1, -0.05) is 32.6 Å². The minimum absolute atomic E-state index is 0.181. The standard InChI is InChI=1S/C13H23N5O/c1-9-3-5-10(6-4-9)7-8-15-12-16-11(14)17-13(18-12)19-2/h9-10H,3-8H2,1-2H3,(H3,14,15,16,17,18). The smallest absolute Gasteiger partial charge is 0.322 e. The lowest BCUT2D eigenvalue weighted by Gasteiger charge is -2.26. The topological polar surface area (TPSA) is 86.0 Å². The second kappa shape index (κ2) is 6.54. The molecule has 0 unspecified atom stereocenters. The van der Waals surface area contributed by atoms with Crippen molar-refractivity contribution in [2.45, 2.75) is 39.0 Å². The summed E-state index contributed by atoms with van der Waals surface area (Å²) < 4.78 is 4.96. The maximum atomic E-state index is 5.58. The Morgan fingerprint density at radius 2 is 1.95 bits per heavy atom. The van der Waals surface area contributed by atoms with Gasteiger partial charge in [-0.3, -0.25) is 0 Å². The van der Waals surface area contributed by atoms with E-state index in [1.165, 1.54) is 32.8 Å². The predicted molar refractivity (Wildman–Crippen MR) is 75.0 cm³/mol. The molecule has 0 spiro atoms. The maximum Gasteiger partial charge on any atom is 0.322 e. The van der Waals surface area contributed by atoms with Crippen LogP contribution in [0.3, 0.4) is 0 Å². The van der Waals surface area contributed by atoms with Crippen molar-refractivity contribution in [3.05, 3.63) is 0 Å². The molecule has 1 aliphatic rings. The summed E-state index contributed by atoms with van der Waals surface area (Å²) in [7, 11) is 1.52. The van der Waals surface area contributed by atoms with E-state index in [1.54, 1.807) is 0 Å². The molecule has 1 aromatic rings. The van der Waals surface area contributed by atoms with Gasteiger partial charge in [-0.15, -0.1) is 0 Å². The Hall–Kier alpha value is -1.59. The van der Waals surface area contributed by atoms with Gasteiger partial charge in [0, 0.05) is 6.54 Å². The highest BCUT2D eigenvalue weighted by Gasteiger charge is 2.17. The Balaban J connectivity index is 1.77. The summed E-state index contributed by atoms with van der Waals surface area (Å²) in [6, 6.07) is 0.251. The summed E-state index contributed by atoms with van der Waals surface area (Å²) in [5, 5.41) is 3.20. The van der Waals surface area contributed by atoms with Gasteiger partial charge in [-0.25, -0.2) is 0 Å². The Morgan fingerprint density at radius 1 is 1.21 bits per heavy atom. The fraction of sp³-hybridized carbons (Fsp3) is 0.769. The summed E-state index contributed by atoms with van der Waals surface area (Å²) in [6.07, 6.45) is 6.55. The molecule has 6 heteroatoms. The monoisotopic (exact) mass is 265 g/mol. The van der Waals surface area contributed by atoms with Gasteiger partial charge in [0.1, 0.15) is 0 Å². The van der Waals surface area contributed by atoms with Gasteiger partial charge >= 0.3 is 6.01 Å². The number of hydrogen-bond acceptors (Lipinski definition) is 6. The van der Waals surface area contributed by atoms with Crippen LogP contribution >= 0.6 is 0 Å². The average Bonchev–Trinajstić information content (AvgIpc) is 2.40. The van der Waals surface area contributed by atoms with Gasteiger partial charge in [-0.05, 0) is 18.3 Å². The van der Waals surface area contributed by atoms with Gasteiger partial charge in [0.2, 0.25) is 11.9 Å². The summed E-state index contributed by atoms with van der Waals surface area (Å²) >= 11 is 0. The fourth-order valence-electron chi connectivity index (χ4n) is 2.55. The SMILES string of the molecule is COc1nc(N)nc(NCCC2CCC(C)CC2)n1. The number of nitrogen functional groups attached to an aromatic ring is 1. The van der Waals surface area contributed by atoms with Crippen LogP contribution in [-0.4, -0.2) is 28.6 Å². The van der Waals surface area contributed by atoms with Crippen LogP contribution in [0.2, 0.25) is 0 Å². The zero-order chi connectivity index (χ0) is 13.7. The number of rotatable bonds is 5. The molecule has 1 saturated carbocycles. The van der Waals surface area contributed by atoms with Gasteiger partial charge < -0.3 is 15.8 Å². The van der Waals surface area contributed by atoms with Crippen molar-refractivity contribution in [1.29, 1.82) is 0 Å². The van der Waals surface area contributed by atoms with Crippen LogP contribution in [0, 0.1) is 11.8 Å². The first kappa shape index (κ1) is 13.8. The predicted octanol–water partition coefficient (Wildman–Crippen LogP) is 2.09. The quantitative estimate of drug-likeness (QED) is 0.847. The molecule has 1 heterocycles. The van der Waals surface area contributed by atoms with E-state index in [1.807, 2.05) is 0 Å². The molecule has 106 valence electrons. The van der Waals surface area contributed by atoms with E-state index in [2.05, 4.69) is 27.2 Å². The van der Waals surface area contributed by atoms with Crippen LogP contribution in [0.25, 0.3) is 0 Å². The third-order valence-corrected chi connectivity index (χ3v) is 3.79. The maximum absolute atomic E-state index is 5.58. The zero-order valence-corrected chi connectivity index (χ0v) is 11.7. The van der Waals surface area contributed by atoms with E-state index in [9.17, 15) is 0 Å². The first-order valence-electron chi connectivity index (χ1n) is 6.96. The first-order chi connectivity index (χ1) is 9.17. The minimum atomic E-state index is 0.181. The van der Waals surface area contributed by atoms with Crippen molar-refractivity contribution in [1.82, 2.24) is 15.0 Å². The molecule has 0 aromatic carbocycles. The van der Waals surface area contributed by atoms with E-state index in [4.69, 9.17) is 10.5 Å². The lowest BCUT2D eigenvalue weighted by molar-refractivity contribution is 0.281. The third kappa shape index (κ3) is 4.22. The highest BCUT2D eigenvalue weighted by Crippen LogP contribution is 2.30. The molecular weight excluding hydrogens is 242 g/mol. The van der Waals surface area contributed by atoms with Crippen LogP contribution in [-0.2, 0) is 0 Å². The molecular formula is C13H23N5O. The molecule has 19 heavy (non-hydrogen) atoms. The van der Waals surface area contributed by atoms with Gasteiger partial charge in [0.15, 0.2) is 0 Å². The Bertz CT molecular complexity index is 404. The number of nitrogens with two attached hydrogens (primary N) is 1. The van der Waals surface area contributed by atoms with Crippen molar-refractivity contribution >= 4 is 11.9 Å². The Kier molecular flexibility index (Phi) is 4.76. The molecule has 6 nitrogen and oxygen atoms in total. The highest BCUT2D eigenvalue weighted by molar-refractivity contribution is 5.32. The van der Waals surface area contributed by atoms with Crippen LogP contribution in [0.15, 0.2) is 0 Å². The summed E-state index contributed by atoms with van der Waals surface area (Å²) in [4.78, 5) is 12.0. The normalized spacial score (nSPS) is 23.1. The lowest BCUT2D eigenvalue weighted by Crippen LogP contribution is -2.17. The summed E-state index contributed by atoms with van der Waals surface area (Å²) in [5.74, 6) is 2.40. The molecule has 0 atom stereocenters. The fourth-order valence-corrected chi connectivity index (χ4v) is 2.55. The minimum Gasteiger partial charge on any atom is -0.467 e. The van der Waals surface area contributed by atoms with Crippen molar-refractivity contribution in [3.8, 4) is 6.01 Å². The molecule has 1 aromatic heterocycles. The Morgan fingerprint density at radius 3 is 2.63 bits per heavy atom. The summed E-state index contributed by atoms with van der Waals surface area (Å²) in [5.41, 5.74) is 5.58. The molecule has 3 N–H and O–H groups in total. The highest BCUT2D eigenvalue weighted by atomic mass is 16.5. The zero-order valence-electron chi connectivity index (χ0n) is 11.7. The van der Waals surface area contributed by atoms with Crippen molar-refractivity contribution < 1.29 is 4.74 Å². The van der Waals surface area contributed by atoms with Crippen molar-refractivity contribution in [2.24, 2.45) is 11.8 Å². The van der Waals surface area contributed by atoms with E-state index < -0.39 is 0 Å². The van der Waals surface area contributed by atoms with Crippen LogP contribution < -0.4 is 15.8 Å². The first-order valence-corrected chi connectivity index (χ1v) is 6.96. The third-order valence-electron chi connectivity index (χ3n) is 3.79. The van der Waals surface area contributed by atoms with Crippen LogP contribution in [0.5, 0.6) is 6.01 Å². The number of aromatic nitrogens is 3. The Labute approximate surface area is 114 Å². The van der Waals surface area contributed by atoms with Crippen LogP contribution in [0.4, 0.5) is 11.9 Å². The number of nitrogens with one attached hydrogen (secondary N) is 1. The van der Waals surface area contributed by atoms with Gasteiger partial charge in [0.25, 0.3) is 0 Å². The lowest BCUT2D eigenvalue weighted by atomic mass is 9.81. The largest absolute Gasteiger partial charge is 0.467 e. The van der Waals surface area contributed by atoms with Gasteiger partial charge in [0.05, 0.1) is 7.11 Å². The average molecular weight is 265 g/mol. The van der Waals surface area contributed by atoms with Crippen LogP contribution in [0.1, 0.15) is 39.0 Å². The molecule has 2 rings (SSSR count). The van der Waals surface area contributed by atoms with Crippen molar-refractivity contribution in [2.75, 3.05) is 24.7 Å². The summed E-state index contributed by atoms with van der Waals surface area (Å²) in [6.45, 7) is 3.21. The molecule has 0 radical (unpaired) electrons. The van der Waals surface area contributed by atoms with E-state index in [0.717, 1.165) is 24.8 Å². The molecule has 1 fully saturated rings. The number of ether oxygens (including phenoxy) is 1. The second-order valence-electron chi connectivity index (χ2n) is 5.35.